The molecular formula is C14H20Cl2N4O2. The summed E-state index contributed by atoms with van der Waals surface area (Å²) in [5, 5.41) is 0.477. The first-order valence-electron chi connectivity index (χ1n) is 7.10. The van der Waals surface area contributed by atoms with E-state index >= 15 is 0 Å². The van der Waals surface area contributed by atoms with Crippen molar-refractivity contribution >= 4 is 35.1 Å². The molecule has 6 nitrogen and oxygen atoms in total. The molecule has 1 amide bonds. The first-order chi connectivity index (χ1) is 10.2. The quantitative estimate of drug-likeness (QED) is 0.577. The summed E-state index contributed by atoms with van der Waals surface area (Å²) in [6.07, 6.45) is -0.289. The Hall–Kier alpha value is -1.27. The van der Waals surface area contributed by atoms with Crippen molar-refractivity contribution in [3.8, 4) is 0 Å². The van der Waals surface area contributed by atoms with Crippen LogP contribution >= 0.6 is 23.2 Å². The molecule has 0 saturated carbocycles. The number of anilines is 1. The van der Waals surface area contributed by atoms with Gasteiger partial charge in [0, 0.05) is 31.7 Å². The van der Waals surface area contributed by atoms with E-state index in [0.29, 0.717) is 37.1 Å². The van der Waals surface area contributed by atoms with Gasteiger partial charge in [-0.25, -0.2) is 14.8 Å². The lowest BCUT2D eigenvalue weighted by Gasteiger charge is -2.36. The summed E-state index contributed by atoms with van der Waals surface area (Å²) in [4.78, 5) is 24.0. The molecule has 0 aromatic carbocycles. The number of piperazine rings is 1. The number of nitrogens with zero attached hydrogens (tertiary/aromatic N) is 4. The second kappa shape index (κ2) is 6.46. The molecule has 122 valence electrons. The van der Waals surface area contributed by atoms with Crippen molar-refractivity contribution in [3.05, 3.63) is 16.0 Å². The fourth-order valence-corrected chi connectivity index (χ4v) is 2.56. The Labute approximate surface area is 140 Å². The van der Waals surface area contributed by atoms with Gasteiger partial charge < -0.3 is 14.5 Å². The van der Waals surface area contributed by atoms with Crippen molar-refractivity contribution in [2.45, 2.75) is 33.3 Å². The van der Waals surface area contributed by atoms with Crippen LogP contribution in [0, 0.1) is 6.92 Å². The summed E-state index contributed by atoms with van der Waals surface area (Å²) >= 11 is 11.9. The van der Waals surface area contributed by atoms with E-state index in [4.69, 9.17) is 27.9 Å². The highest BCUT2D eigenvalue weighted by Gasteiger charge is 2.27. The third kappa shape index (κ3) is 4.14. The number of hydrogen-bond donors (Lipinski definition) is 0. The molecule has 1 aromatic heterocycles. The minimum absolute atomic E-state index is 0.125. The van der Waals surface area contributed by atoms with Gasteiger partial charge in [-0.3, -0.25) is 0 Å². The van der Waals surface area contributed by atoms with Gasteiger partial charge in [0.25, 0.3) is 0 Å². The van der Waals surface area contributed by atoms with E-state index in [2.05, 4.69) is 14.9 Å². The molecule has 0 spiro atoms. The minimum atomic E-state index is -0.488. The van der Waals surface area contributed by atoms with E-state index in [0.717, 1.165) is 5.56 Å². The topological polar surface area (TPSA) is 58.6 Å². The van der Waals surface area contributed by atoms with Gasteiger partial charge in [0.1, 0.15) is 16.6 Å². The number of carbonyl (C=O) groups is 1. The van der Waals surface area contributed by atoms with Crippen LogP contribution < -0.4 is 4.90 Å². The number of ether oxygens (including phenoxy) is 1. The summed E-state index contributed by atoms with van der Waals surface area (Å²) < 4.78 is 5.38. The van der Waals surface area contributed by atoms with Crippen molar-refractivity contribution in [1.29, 1.82) is 0 Å². The molecule has 0 atom stereocenters. The Bertz CT molecular complexity index is 567. The number of carbonyl (C=O) groups excluding carboxylic acids is 1. The molecule has 0 N–H and O–H groups in total. The molecule has 1 fully saturated rings. The van der Waals surface area contributed by atoms with Gasteiger partial charge in [0.15, 0.2) is 0 Å². The zero-order chi connectivity index (χ0) is 16.5. The molecule has 1 saturated heterocycles. The summed E-state index contributed by atoms with van der Waals surface area (Å²) in [6, 6.07) is 0. The van der Waals surface area contributed by atoms with E-state index in [1.807, 2.05) is 27.7 Å². The second-order valence-electron chi connectivity index (χ2n) is 6.19. The van der Waals surface area contributed by atoms with Gasteiger partial charge in [-0.05, 0) is 39.3 Å². The SMILES string of the molecule is Cc1c(Cl)nc(Cl)nc1N1CCN(C(=O)OC(C)(C)C)CC1. The molecule has 22 heavy (non-hydrogen) atoms. The maximum Gasteiger partial charge on any atom is 0.410 e. The Kier molecular flexibility index (Phi) is 5.02. The smallest absolute Gasteiger partial charge is 0.410 e. The average Bonchev–Trinajstić information content (AvgIpc) is 2.41. The molecule has 8 heteroatoms. The van der Waals surface area contributed by atoms with Crippen molar-refractivity contribution in [2.75, 3.05) is 31.1 Å². The summed E-state index contributed by atoms with van der Waals surface area (Å²) in [5.41, 5.74) is 0.301. The number of hydrogen-bond acceptors (Lipinski definition) is 5. The Morgan fingerprint density at radius 1 is 1.14 bits per heavy atom. The van der Waals surface area contributed by atoms with Crippen LogP contribution in [0.5, 0.6) is 0 Å². The number of amides is 1. The van der Waals surface area contributed by atoms with Gasteiger partial charge in [-0.2, -0.15) is 0 Å². The molecule has 0 radical (unpaired) electrons. The highest BCUT2D eigenvalue weighted by atomic mass is 35.5. The number of halogens is 2. The third-order valence-corrected chi connectivity index (χ3v) is 3.80. The van der Waals surface area contributed by atoms with E-state index < -0.39 is 5.60 Å². The largest absolute Gasteiger partial charge is 0.444 e. The third-order valence-electron chi connectivity index (χ3n) is 3.26. The first kappa shape index (κ1) is 17.1. The van der Waals surface area contributed by atoms with Crippen LogP contribution in [0.15, 0.2) is 0 Å². The summed E-state index contributed by atoms with van der Waals surface area (Å²) in [6.45, 7) is 9.84. The van der Waals surface area contributed by atoms with Crippen LogP contribution in [0.1, 0.15) is 26.3 Å². The van der Waals surface area contributed by atoms with Crippen LogP contribution in [0.25, 0.3) is 0 Å². The fourth-order valence-electron chi connectivity index (χ4n) is 2.19. The highest BCUT2D eigenvalue weighted by Crippen LogP contribution is 2.26. The van der Waals surface area contributed by atoms with Gasteiger partial charge in [0.2, 0.25) is 5.28 Å². The maximum atomic E-state index is 12.0. The number of rotatable bonds is 1. The number of aromatic nitrogens is 2. The van der Waals surface area contributed by atoms with Gasteiger partial charge >= 0.3 is 6.09 Å². The van der Waals surface area contributed by atoms with Gasteiger partial charge in [-0.15, -0.1) is 0 Å². The molecule has 0 aliphatic carbocycles. The monoisotopic (exact) mass is 346 g/mol. The van der Waals surface area contributed by atoms with Crippen molar-refractivity contribution in [2.24, 2.45) is 0 Å². The Morgan fingerprint density at radius 2 is 1.73 bits per heavy atom. The lowest BCUT2D eigenvalue weighted by molar-refractivity contribution is 0.0240. The van der Waals surface area contributed by atoms with E-state index in [1.165, 1.54) is 0 Å². The normalized spacial score (nSPS) is 15.9. The Morgan fingerprint density at radius 3 is 2.27 bits per heavy atom. The highest BCUT2D eigenvalue weighted by molar-refractivity contribution is 6.32. The van der Waals surface area contributed by atoms with E-state index in [9.17, 15) is 4.79 Å². The lowest BCUT2D eigenvalue weighted by atomic mass is 10.2. The maximum absolute atomic E-state index is 12.0. The van der Waals surface area contributed by atoms with Crippen LogP contribution in [-0.4, -0.2) is 52.7 Å². The molecule has 1 aliphatic rings. The molecular weight excluding hydrogens is 327 g/mol. The fraction of sp³-hybridized carbons (Fsp3) is 0.643. The molecule has 0 unspecified atom stereocenters. The molecule has 1 aliphatic heterocycles. The molecule has 2 heterocycles. The predicted molar refractivity (Wildman–Crippen MR) is 86.8 cm³/mol. The minimum Gasteiger partial charge on any atom is -0.444 e. The second-order valence-corrected chi connectivity index (χ2v) is 6.88. The molecule has 1 aromatic rings. The zero-order valence-electron chi connectivity index (χ0n) is 13.2. The molecule has 2 rings (SSSR count). The average molecular weight is 347 g/mol. The van der Waals surface area contributed by atoms with Gasteiger partial charge in [-0.1, -0.05) is 11.6 Å². The van der Waals surface area contributed by atoms with Gasteiger partial charge in [0.05, 0.1) is 0 Å². The Balaban J connectivity index is 2.02. The van der Waals surface area contributed by atoms with Crippen molar-refractivity contribution in [1.82, 2.24) is 14.9 Å². The van der Waals surface area contributed by atoms with Crippen molar-refractivity contribution < 1.29 is 9.53 Å². The summed E-state index contributed by atoms with van der Waals surface area (Å²) in [7, 11) is 0. The van der Waals surface area contributed by atoms with Crippen LogP contribution in [0.4, 0.5) is 10.6 Å². The van der Waals surface area contributed by atoms with Crippen molar-refractivity contribution in [3.63, 3.8) is 0 Å². The molecule has 0 bridgehead atoms. The van der Waals surface area contributed by atoms with Crippen LogP contribution in [0.3, 0.4) is 0 Å². The van der Waals surface area contributed by atoms with Crippen LogP contribution in [-0.2, 0) is 4.74 Å². The zero-order valence-corrected chi connectivity index (χ0v) is 14.7. The first-order valence-corrected chi connectivity index (χ1v) is 7.85. The predicted octanol–water partition coefficient (Wildman–Crippen LogP) is 3.15. The van der Waals surface area contributed by atoms with E-state index in [-0.39, 0.29) is 11.4 Å². The van der Waals surface area contributed by atoms with E-state index in [1.54, 1.807) is 4.90 Å². The lowest BCUT2D eigenvalue weighted by Crippen LogP contribution is -2.50. The standard InChI is InChI=1S/C14H20Cl2N4O2/c1-9-10(15)17-12(16)18-11(9)19-5-7-20(8-6-19)13(21)22-14(2,3)4/h5-8H2,1-4H3. The van der Waals surface area contributed by atoms with Crippen LogP contribution in [0.2, 0.25) is 10.4 Å². The summed E-state index contributed by atoms with van der Waals surface area (Å²) in [5.74, 6) is 0.717.